The molecule has 0 spiro atoms. The van der Waals surface area contributed by atoms with Gasteiger partial charge in [0.1, 0.15) is 17.7 Å². The van der Waals surface area contributed by atoms with Crippen LogP contribution < -0.4 is 20.3 Å². The molecule has 1 aromatic heterocycles. The largest absolute Gasteiger partial charge is 0.454 e. The average Bonchev–Trinajstić information content (AvgIpc) is 3.72. The van der Waals surface area contributed by atoms with E-state index in [1.807, 2.05) is 0 Å². The van der Waals surface area contributed by atoms with E-state index in [0.29, 0.717) is 5.56 Å². The number of nitrogens with zero attached hydrogens (tertiary/aromatic N) is 2. The normalized spacial score (nSPS) is 16.6. The summed E-state index contributed by atoms with van der Waals surface area (Å²) < 4.78 is 65.9. The fraction of sp³-hybridized carbons (Fsp3) is 0.310. The Morgan fingerprint density at radius 1 is 1.10 bits per heavy atom. The first-order chi connectivity index (χ1) is 19.9. The van der Waals surface area contributed by atoms with E-state index in [9.17, 15) is 31.9 Å². The van der Waals surface area contributed by atoms with Crippen LogP contribution in [-0.2, 0) is 26.9 Å². The zero-order valence-corrected chi connectivity index (χ0v) is 22.3. The van der Waals surface area contributed by atoms with E-state index in [4.69, 9.17) is 9.47 Å². The van der Waals surface area contributed by atoms with Crippen LogP contribution in [0.4, 0.5) is 39.5 Å². The van der Waals surface area contributed by atoms with E-state index in [0.717, 1.165) is 29.9 Å². The van der Waals surface area contributed by atoms with Crippen LogP contribution >= 0.6 is 0 Å². The second kappa shape index (κ2) is 11.7. The molecule has 0 radical (unpaired) electrons. The second-order valence-corrected chi connectivity index (χ2v) is 10.1. The molecule has 13 heteroatoms. The monoisotopic (exact) mass is 586 g/mol. The van der Waals surface area contributed by atoms with Crippen LogP contribution in [-0.4, -0.2) is 35.5 Å². The Kier molecular flexibility index (Phi) is 8.01. The van der Waals surface area contributed by atoms with Gasteiger partial charge in [-0.25, -0.2) is 14.2 Å². The molecule has 220 valence electrons. The van der Waals surface area contributed by atoms with Gasteiger partial charge >= 0.3 is 12.3 Å². The van der Waals surface area contributed by atoms with Crippen molar-refractivity contribution in [1.29, 1.82) is 0 Å². The number of aromatic nitrogens is 1. The van der Waals surface area contributed by atoms with Gasteiger partial charge in [0.25, 0.3) is 0 Å². The summed E-state index contributed by atoms with van der Waals surface area (Å²) in [7, 11) is 0. The van der Waals surface area contributed by atoms with Crippen LogP contribution in [0.1, 0.15) is 37.3 Å². The number of aryl methyl sites for hydroxylation is 1. The number of pyridine rings is 1. The molecule has 42 heavy (non-hydrogen) atoms. The molecule has 2 N–H and O–H groups in total. The van der Waals surface area contributed by atoms with Crippen molar-refractivity contribution in [2.24, 2.45) is 5.92 Å². The Morgan fingerprint density at radius 2 is 1.88 bits per heavy atom. The Bertz CT molecular complexity index is 1530. The lowest BCUT2D eigenvalue weighted by molar-refractivity contribution is -0.137. The number of hydrogen-bond acceptors (Lipinski definition) is 6. The molecule has 1 saturated carbocycles. The first kappa shape index (κ1) is 28.8. The highest BCUT2D eigenvalue weighted by Crippen LogP contribution is 2.36. The van der Waals surface area contributed by atoms with E-state index >= 15 is 0 Å². The molecular formula is C29H26F4N4O5. The molecule has 2 aliphatic rings. The van der Waals surface area contributed by atoms with E-state index in [1.54, 1.807) is 13.0 Å². The predicted molar refractivity (Wildman–Crippen MR) is 144 cm³/mol. The molecule has 2 heterocycles. The number of carbonyl (C=O) groups excluding carboxylic acids is 3. The Labute approximate surface area is 237 Å². The molecule has 1 aliphatic heterocycles. The van der Waals surface area contributed by atoms with Crippen molar-refractivity contribution < 1.29 is 41.4 Å². The fourth-order valence-corrected chi connectivity index (χ4v) is 4.33. The number of halogens is 4. The van der Waals surface area contributed by atoms with Gasteiger partial charge in [0.15, 0.2) is 11.6 Å². The summed E-state index contributed by atoms with van der Waals surface area (Å²) in [5.41, 5.74) is -0.775. The van der Waals surface area contributed by atoms with E-state index in [2.05, 4.69) is 15.6 Å². The number of anilines is 3. The molecule has 1 atom stereocenters. The van der Waals surface area contributed by atoms with Crippen LogP contribution in [0.25, 0.3) is 0 Å². The zero-order valence-electron chi connectivity index (χ0n) is 22.3. The summed E-state index contributed by atoms with van der Waals surface area (Å²) in [5.74, 6) is -0.961. The zero-order chi connectivity index (χ0) is 30.0. The Hall–Kier alpha value is -4.68. The standard InChI is InChI=1S/C29H26F4N4O5/c1-16-15-37(28(40)41-16)21-12-19(29(31,32)33)11-20(13-21)35-26(38)7-3-17-2-6-24(23(30)10-17)42-22-8-9-34-25(14-22)36-27(39)18-4-5-18/h2,6,8-14,16,18H,3-5,7,15H2,1H3,(H,35,38)(H,34,36,39). The summed E-state index contributed by atoms with van der Waals surface area (Å²) in [5, 5.41) is 5.12. The number of carbonyl (C=O) groups is 3. The Balaban J connectivity index is 1.20. The number of nitrogens with one attached hydrogen (secondary N) is 2. The van der Waals surface area contributed by atoms with Gasteiger partial charge in [-0.1, -0.05) is 6.07 Å². The van der Waals surface area contributed by atoms with E-state index in [1.165, 1.54) is 36.5 Å². The molecule has 3 amide bonds. The average molecular weight is 587 g/mol. The van der Waals surface area contributed by atoms with Crippen LogP contribution in [0.5, 0.6) is 11.5 Å². The van der Waals surface area contributed by atoms with Gasteiger partial charge in [0.2, 0.25) is 11.8 Å². The van der Waals surface area contributed by atoms with Crippen molar-refractivity contribution in [2.75, 3.05) is 22.1 Å². The van der Waals surface area contributed by atoms with Crippen LogP contribution in [0.2, 0.25) is 0 Å². The predicted octanol–water partition coefficient (Wildman–Crippen LogP) is 6.30. The topological polar surface area (TPSA) is 110 Å². The molecule has 2 fully saturated rings. The fourth-order valence-electron chi connectivity index (χ4n) is 4.33. The number of hydrogen-bond donors (Lipinski definition) is 2. The minimum atomic E-state index is -4.71. The van der Waals surface area contributed by atoms with Crippen molar-refractivity contribution in [3.63, 3.8) is 0 Å². The number of benzene rings is 2. The molecule has 3 aromatic rings. The number of amides is 3. The molecule has 5 rings (SSSR count). The lowest BCUT2D eigenvalue weighted by atomic mass is 10.1. The molecule has 9 nitrogen and oxygen atoms in total. The summed E-state index contributed by atoms with van der Waals surface area (Å²) in [4.78, 5) is 41.7. The number of alkyl halides is 3. The molecular weight excluding hydrogens is 560 g/mol. The highest BCUT2D eigenvalue weighted by molar-refractivity contribution is 5.94. The molecule has 2 aromatic carbocycles. The van der Waals surface area contributed by atoms with Gasteiger partial charge in [0.05, 0.1) is 12.1 Å². The number of cyclic esters (lactones) is 1. The minimum Gasteiger partial charge on any atom is -0.454 e. The van der Waals surface area contributed by atoms with Crippen molar-refractivity contribution in [1.82, 2.24) is 4.98 Å². The smallest absolute Gasteiger partial charge is 0.416 e. The van der Waals surface area contributed by atoms with Gasteiger partial charge in [0, 0.05) is 36.0 Å². The number of ether oxygens (including phenoxy) is 2. The summed E-state index contributed by atoms with van der Waals surface area (Å²) in [6, 6.07) is 9.99. The van der Waals surface area contributed by atoms with Gasteiger partial charge in [-0.05, 0) is 68.1 Å². The summed E-state index contributed by atoms with van der Waals surface area (Å²) >= 11 is 0. The summed E-state index contributed by atoms with van der Waals surface area (Å²) in [6.45, 7) is 1.68. The van der Waals surface area contributed by atoms with Crippen LogP contribution in [0, 0.1) is 11.7 Å². The lowest BCUT2D eigenvalue weighted by Gasteiger charge is -2.18. The van der Waals surface area contributed by atoms with Gasteiger partial charge < -0.3 is 20.1 Å². The summed E-state index contributed by atoms with van der Waals surface area (Å²) in [6.07, 6.45) is -2.95. The number of rotatable bonds is 9. The molecule has 0 bridgehead atoms. The molecule has 1 aliphatic carbocycles. The first-order valence-corrected chi connectivity index (χ1v) is 13.2. The third-order valence-corrected chi connectivity index (χ3v) is 6.60. The third-order valence-electron chi connectivity index (χ3n) is 6.60. The van der Waals surface area contributed by atoms with Crippen molar-refractivity contribution in [3.8, 4) is 11.5 Å². The van der Waals surface area contributed by atoms with Crippen molar-refractivity contribution in [3.05, 3.63) is 71.7 Å². The maximum Gasteiger partial charge on any atom is 0.416 e. The minimum absolute atomic E-state index is 0.00871. The first-order valence-electron chi connectivity index (χ1n) is 13.2. The maximum absolute atomic E-state index is 14.8. The second-order valence-electron chi connectivity index (χ2n) is 10.1. The van der Waals surface area contributed by atoms with Gasteiger partial charge in [-0.3, -0.25) is 14.5 Å². The van der Waals surface area contributed by atoms with Crippen molar-refractivity contribution >= 4 is 35.1 Å². The van der Waals surface area contributed by atoms with E-state index in [-0.39, 0.29) is 59.9 Å². The quantitative estimate of drug-likeness (QED) is 0.285. The Morgan fingerprint density at radius 3 is 2.55 bits per heavy atom. The molecule has 1 saturated heterocycles. The van der Waals surface area contributed by atoms with Gasteiger partial charge in [-0.2, -0.15) is 13.2 Å². The van der Waals surface area contributed by atoms with E-state index < -0.39 is 35.7 Å². The third kappa shape index (κ3) is 7.14. The SMILES string of the molecule is CC1CN(c2cc(NC(=O)CCc3ccc(Oc4ccnc(NC(=O)C5CC5)c4)c(F)c3)cc(C(F)(F)F)c2)C(=O)O1. The highest BCUT2D eigenvalue weighted by atomic mass is 19.4. The maximum atomic E-state index is 14.8. The van der Waals surface area contributed by atoms with Crippen molar-refractivity contribution in [2.45, 2.75) is 44.9 Å². The van der Waals surface area contributed by atoms with Gasteiger partial charge in [-0.15, -0.1) is 0 Å². The lowest BCUT2D eigenvalue weighted by Crippen LogP contribution is -2.25. The molecule has 1 unspecified atom stereocenters. The van der Waals surface area contributed by atoms with Crippen LogP contribution in [0.3, 0.4) is 0 Å². The highest BCUT2D eigenvalue weighted by Gasteiger charge is 2.35. The van der Waals surface area contributed by atoms with Crippen LogP contribution in [0.15, 0.2) is 54.7 Å².